The largest absolute Gasteiger partial charge is 0.511 e. The maximum atomic E-state index is 12.6. The summed E-state index contributed by atoms with van der Waals surface area (Å²) in [6.07, 6.45) is 3.20. The Labute approximate surface area is 162 Å². The minimum absolute atomic E-state index is 0.0497. The lowest BCUT2D eigenvalue weighted by Crippen LogP contribution is -2.46. The molecule has 0 amide bonds. The third-order valence-corrected chi connectivity index (χ3v) is 4.82. The van der Waals surface area contributed by atoms with Crippen molar-refractivity contribution >= 4 is 11.9 Å². The van der Waals surface area contributed by atoms with Gasteiger partial charge in [0.15, 0.2) is 0 Å². The van der Waals surface area contributed by atoms with Crippen LogP contribution in [0.5, 0.6) is 0 Å². The number of pyridine rings is 2. The fourth-order valence-electron chi connectivity index (χ4n) is 3.57. The Morgan fingerprint density at radius 3 is 2.11 bits per heavy atom. The maximum Gasteiger partial charge on any atom is 0.339 e. The monoisotopic (exact) mass is 383 g/mol. The molecule has 1 aliphatic rings. The van der Waals surface area contributed by atoms with Crippen LogP contribution in [0.25, 0.3) is 0 Å². The average molecular weight is 383 g/mol. The zero-order valence-corrected chi connectivity index (χ0v) is 15.8. The molecule has 0 radical (unpaired) electrons. The summed E-state index contributed by atoms with van der Waals surface area (Å²) in [6.45, 7) is 0. The molecule has 146 valence electrons. The van der Waals surface area contributed by atoms with Crippen molar-refractivity contribution in [1.82, 2.24) is 14.9 Å². The van der Waals surface area contributed by atoms with Gasteiger partial charge in [0.1, 0.15) is 11.7 Å². The Morgan fingerprint density at radius 2 is 1.61 bits per heavy atom. The van der Waals surface area contributed by atoms with Crippen LogP contribution in [0.15, 0.2) is 60.1 Å². The third kappa shape index (κ3) is 3.34. The van der Waals surface area contributed by atoms with Crippen LogP contribution in [-0.4, -0.2) is 53.2 Å². The van der Waals surface area contributed by atoms with Crippen LogP contribution in [0.1, 0.15) is 23.5 Å². The summed E-state index contributed by atoms with van der Waals surface area (Å²) in [5, 5.41) is 11.0. The molecule has 0 fully saturated rings. The molecule has 0 aliphatic carbocycles. The minimum atomic E-state index is -1.14. The molecule has 8 heteroatoms. The number of nitrogens with zero attached hydrogens (tertiary/aromatic N) is 3. The second-order valence-electron chi connectivity index (χ2n) is 6.31. The molecule has 2 aromatic heterocycles. The standard InChI is InChI=1S/C20H21N3O5/c1-23-16(12-8-4-6-10-21-12)14(19(25)27-2)18(24)15(20(26)28-3)17(23)13-9-5-7-11-22-13/h4-11,14,16-17,24H,1-3H3/t14-,16-,17-/m0/s1. The number of likely N-dealkylation sites (N-methyl/N-ethyl adjacent to an activating group) is 1. The van der Waals surface area contributed by atoms with Gasteiger partial charge in [-0.25, -0.2) is 4.79 Å². The predicted molar refractivity (Wildman–Crippen MR) is 98.9 cm³/mol. The summed E-state index contributed by atoms with van der Waals surface area (Å²) in [5.41, 5.74) is 1.03. The van der Waals surface area contributed by atoms with Gasteiger partial charge in [0.2, 0.25) is 0 Å². The van der Waals surface area contributed by atoms with Gasteiger partial charge in [0, 0.05) is 12.4 Å². The summed E-state index contributed by atoms with van der Waals surface area (Å²) in [7, 11) is 4.19. The molecular formula is C20H21N3O5. The van der Waals surface area contributed by atoms with Gasteiger partial charge in [0.05, 0.1) is 43.3 Å². The van der Waals surface area contributed by atoms with E-state index < -0.39 is 35.7 Å². The SMILES string of the molecule is COC(=O)C1=C(O)[C@@H](C(=O)OC)[C@H](c2ccccn2)N(C)[C@H]1c1ccccn1. The minimum Gasteiger partial charge on any atom is -0.511 e. The summed E-state index contributed by atoms with van der Waals surface area (Å²) in [5.74, 6) is -2.96. The first-order valence-electron chi connectivity index (χ1n) is 8.64. The Morgan fingerprint density at radius 1 is 1.00 bits per heavy atom. The average Bonchev–Trinajstić information content (AvgIpc) is 2.74. The van der Waals surface area contributed by atoms with E-state index in [4.69, 9.17) is 9.47 Å². The van der Waals surface area contributed by atoms with Gasteiger partial charge in [-0.1, -0.05) is 12.1 Å². The first-order valence-corrected chi connectivity index (χ1v) is 8.64. The first kappa shape index (κ1) is 19.5. The lowest BCUT2D eigenvalue weighted by atomic mass is 9.82. The zero-order chi connectivity index (χ0) is 20.3. The van der Waals surface area contributed by atoms with Crippen molar-refractivity contribution in [1.29, 1.82) is 0 Å². The van der Waals surface area contributed by atoms with Gasteiger partial charge in [-0.05, 0) is 31.3 Å². The van der Waals surface area contributed by atoms with Crippen molar-refractivity contribution in [2.45, 2.75) is 12.1 Å². The molecule has 3 heterocycles. The summed E-state index contributed by atoms with van der Waals surface area (Å²) >= 11 is 0. The maximum absolute atomic E-state index is 12.6. The van der Waals surface area contributed by atoms with E-state index in [0.717, 1.165) is 0 Å². The van der Waals surface area contributed by atoms with Crippen molar-refractivity contribution in [3.63, 3.8) is 0 Å². The summed E-state index contributed by atoms with van der Waals surface area (Å²) < 4.78 is 9.79. The number of carbonyl (C=O) groups excluding carboxylic acids is 2. The zero-order valence-electron chi connectivity index (χ0n) is 15.8. The van der Waals surface area contributed by atoms with E-state index in [0.29, 0.717) is 11.4 Å². The van der Waals surface area contributed by atoms with Gasteiger partial charge >= 0.3 is 11.9 Å². The Hall–Kier alpha value is -3.26. The van der Waals surface area contributed by atoms with Crippen LogP contribution in [0, 0.1) is 5.92 Å². The summed E-state index contributed by atoms with van der Waals surface area (Å²) in [6, 6.07) is 9.16. The fourth-order valence-corrected chi connectivity index (χ4v) is 3.57. The molecule has 2 aromatic rings. The van der Waals surface area contributed by atoms with Gasteiger partial charge in [0.25, 0.3) is 0 Å². The van der Waals surface area contributed by atoms with E-state index >= 15 is 0 Å². The highest BCUT2D eigenvalue weighted by atomic mass is 16.5. The van der Waals surface area contributed by atoms with Crippen LogP contribution in [-0.2, 0) is 19.1 Å². The third-order valence-electron chi connectivity index (χ3n) is 4.82. The lowest BCUT2D eigenvalue weighted by Gasteiger charge is -2.42. The first-order chi connectivity index (χ1) is 13.5. The Balaban J connectivity index is 2.26. The van der Waals surface area contributed by atoms with E-state index in [1.54, 1.807) is 60.7 Å². The van der Waals surface area contributed by atoms with Crippen molar-refractivity contribution in [2.24, 2.45) is 5.92 Å². The molecular weight excluding hydrogens is 362 g/mol. The fraction of sp³-hybridized carbons (Fsp3) is 0.300. The molecule has 28 heavy (non-hydrogen) atoms. The quantitative estimate of drug-likeness (QED) is 0.800. The van der Waals surface area contributed by atoms with Crippen LogP contribution in [0.4, 0.5) is 0 Å². The van der Waals surface area contributed by atoms with Gasteiger partial charge < -0.3 is 14.6 Å². The van der Waals surface area contributed by atoms with Crippen LogP contribution in [0.2, 0.25) is 0 Å². The van der Waals surface area contributed by atoms with Crippen molar-refractivity contribution < 1.29 is 24.2 Å². The van der Waals surface area contributed by atoms with Gasteiger partial charge in [-0.2, -0.15) is 0 Å². The number of rotatable bonds is 4. The van der Waals surface area contributed by atoms with Gasteiger partial charge in [-0.15, -0.1) is 0 Å². The highest BCUT2D eigenvalue weighted by Crippen LogP contribution is 2.46. The number of aromatic nitrogens is 2. The van der Waals surface area contributed by atoms with E-state index in [9.17, 15) is 14.7 Å². The molecule has 0 spiro atoms. The molecule has 0 bridgehead atoms. The summed E-state index contributed by atoms with van der Waals surface area (Å²) in [4.78, 5) is 35.6. The number of aliphatic hydroxyl groups is 1. The second kappa shape index (κ2) is 8.18. The Kier molecular flexibility index (Phi) is 5.70. The Bertz CT molecular complexity index is 885. The van der Waals surface area contributed by atoms with Crippen molar-refractivity contribution in [2.75, 3.05) is 21.3 Å². The number of carbonyl (C=O) groups is 2. The van der Waals surface area contributed by atoms with Crippen LogP contribution >= 0.6 is 0 Å². The normalized spacial score (nSPS) is 22.6. The van der Waals surface area contributed by atoms with E-state index in [-0.39, 0.29) is 5.57 Å². The topological polar surface area (TPSA) is 102 Å². The number of hydrogen-bond donors (Lipinski definition) is 1. The molecule has 1 N–H and O–H groups in total. The molecule has 8 nitrogen and oxygen atoms in total. The molecule has 0 aromatic carbocycles. The molecule has 0 saturated carbocycles. The lowest BCUT2D eigenvalue weighted by molar-refractivity contribution is -0.149. The van der Waals surface area contributed by atoms with Crippen molar-refractivity contribution in [3.8, 4) is 0 Å². The van der Waals surface area contributed by atoms with E-state index in [1.807, 2.05) is 0 Å². The molecule has 3 rings (SSSR count). The molecule has 0 unspecified atom stereocenters. The second-order valence-corrected chi connectivity index (χ2v) is 6.31. The molecule has 3 atom stereocenters. The highest BCUT2D eigenvalue weighted by molar-refractivity contribution is 5.92. The van der Waals surface area contributed by atoms with E-state index in [2.05, 4.69) is 9.97 Å². The van der Waals surface area contributed by atoms with Crippen molar-refractivity contribution in [3.05, 3.63) is 71.5 Å². The number of hydrogen-bond acceptors (Lipinski definition) is 8. The predicted octanol–water partition coefficient (Wildman–Crippen LogP) is 1.98. The van der Waals surface area contributed by atoms with Gasteiger partial charge in [-0.3, -0.25) is 19.7 Å². The highest BCUT2D eigenvalue weighted by Gasteiger charge is 2.49. The van der Waals surface area contributed by atoms with E-state index in [1.165, 1.54) is 14.2 Å². The number of esters is 2. The molecule has 1 aliphatic heterocycles. The number of ether oxygens (including phenoxy) is 2. The molecule has 0 saturated heterocycles. The smallest absolute Gasteiger partial charge is 0.339 e. The van der Waals surface area contributed by atoms with Crippen LogP contribution in [0.3, 0.4) is 0 Å². The number of methoxy groups -OCH3 is 2. The van der Waals surface area contributed by atoms with Crippen LogP contribution < -0.4 is 0 Å². The number of aliphatic hydroxyl groups excluding tert-OH is 1.